The number of hydrogen-bond donors (Lipinski definition) is 0. The van der Waals surface area contributed by atoms with E-state index in [0.717, 1.165) is 39.5 Å². The molecule has 0 bridgehead atoms. The Balaban J connectivity index is 1.96. The smallest absolute Gasteiger partial charge is 0.0951 e. The van der Waals surface area contributed by atoms with E-state index >= 15 is 0 Å². The molecule has 1 saturated heterocycles. The second kappa shape index (κ2) is 6.74. The highest BCUT2D eigenvalue weighted by atomic mass is 16.5. The summed E-state index contributed by atoms with van der Waals surface area (Å²) in [5.41, 5.74) is 1.26. The van der Waals surface area contributed by atoms with Crippen LogP contribution >= 0.6 is 0 Å². The van der Waals surface area contributed by atoms with Gasteiger partial charge in [0.05, 0.1) is 19.3 Å². The van der Waals surface area contributed by atoms with Crippen LogP contribution in [-0.4, -0.2) is 44.4 Å². The number of nitrogens with zero attached hydrogens (tertiary/aromatic N) is 1. The topological polar surface area (TPSA) is 21.7 Å². The molecule has 0 radical (unpaired) electrons. The molecular formula is C14H21NO2. The average molecular weight is 235 g/mol. The van der Waals surface area contributed by atoms with Gasteiger partial charge in [0.25, 0.3) is 0 Å². The van der Waals surface area contributed by atoms with Gasteiger partial charge in [-0.15, -0.1) is 0 Å². The highest BCUT2D eigenvalue weighted by Gasteiger charge is 2.18. The molecule has 1 heterocycles. The van der Waals surface area contributed by atoms with Gasteiger partial charge >= 0.3 is 0 Å². The monoisotopic (exact) mass is 235 g/mol. The molecule has 3 nitrogen and oxygen atoms in total. The third kappa shape index (κ3) is 3.80. The maximum absolute atomic E-state index is 5.85. The number of benzene rings is 1. The van der Waals surface area contributed by atoms with Crippen LogP contribution in [0.1, 0.15) is 18.6 Å². The van der Waals surface area contributed by atoms with Crippen LogP contribution in [0.5, 0.6) is 0 Å². The highest BCUT2D eigenvalue weighted by molar-refractivity contribution is 5.18. The Hall–Kier alpha value is -0.900. The number of morpholine rings is 1. The molecule has 0 unspecified atom stereocenters. The van der Waals surface area contributed by atoms with Crippen LogP contribution in [0.15, 0.2) is 30.3 Å². The van der Waals surface area contributed by atoms with Crippen LogP contribution in [0.2, 0.25) is 0 Å². The van der Waals surface area contributed by atoms with Crippen LogP contribution in [0, 0.1) is 0 Å². The van der Waals surface area contributed by atoms with Crippen LogP contribution < -0.4 is 0 Å². The molecule has 1 aliphatic rings. The molecule has 0 aromatic heterocycles. The second-order valence-corrected chi connectivity index (χ2v) is 4.27. The Morgan fingerprint density at radius 3 is 2.59 bits per heavy atom. The van der Waals surface area contributed by atoms with Crippen molar-refractivity contribution < 1.29 is 9.47 Å². The lowest BCUT2D eigenvalue weighted by Crippen LogP contribution is -2.39. The van der Waals surface area contributed by atoms with Gasteiger partial charge in [-0.25, -0.2) is 0 Å². The Morgan fingerprint density at radius 1 is 1.24 bits per heavy atom. The van der Waals surface area contributed by atoms with Gasteiger partial charge < -0.3 is 9.47 Å². The molecule has 17 heavy (non-hydrogen) atoms. The molecule has 3 heteroatoms. The van der Waals surface area contributed by atoms with Gasteiger partial charge in [0.1, 0.15) is 0 Å². The zero-order valence-electron chi connectivity index (χ0n) is 10.5. The average Bonchev–Trinajstić information content (AvgIpc) is 2.40. The minimum Gasteiger partial charge on any atom is -0.379 e. The van der Waals surface area contributed by atoms with Crippen molar-refractivity contribution in [1.82, 2.24) is 4.90 Å². The summed E-state index contributed by atoms with van der Waals surface area (Å²) in [6, 6.07) is 10.5. The van der Waals surface area contributed by atoms with E-state index in [9.17, 15) is 0 Å². The van der Waals surface area contributed by atoms with Crippen LogP contribution in [-0.2, 0) is 9.47 Å². The number of rotatable bonds is 5. The van der Waals surface area contributed by atoms with E-state index in [-0.39, 0.29) is 6.10 Å². The molecule has 94 valence electrons. The first-order valence-corrected chi connectivity index (χ1v) is 6.37. The van der Waals surface area contributed by atoms with E-state index in [4.69, 9.17) is 9.47 Å². The van der Waals surface area contributed by atoms with E-state index in [1.54, 1.807) is 0 Å². The number of ether oxygens (including phenoxy) is 2. The summed E-state index contributed by atoms with van der Waals surface area (Å²) in [5, 5.41) is 0. The van der Waals surface area contributed by atoms with Gasteiger partial charge in [-0.05, 0) is 12.5 Å². The van der Waals surface area contributed by atoms with Crippen LogP contribution in [0.3, 0.4) is 0 Å². The van der Waals surface area contributed by atoms with Crippen LogP contribution in [0.25, 0.3) is 0 Å². The van der Waals surface area contributed by atoms with Gasteiger partial charge in [0.15, 0.2) is 0 Å². The third-order valence-corrected chi connectivity index (χ3v) is 3.07. The Labute approximate surface area is 103 Å². The lowest BCUT2D eigenvalue weighted by Gasteiger charge is -2.30. The van der Waals surface area contributed by atoms with Crippen LogP contribution in [0.4, 0.5) is 0 Å². The van der Waals surface area contributed by atoms with E-state index in [1.165, 1.54) is 5.56 Å². The quantitative estimate of drug-likeness (QED) is 0.780. The van der Waals surface area contributed by atoms with Crippen molar-refractivity contribution in [2.75, 3.05) is 39.5 Å². The van der Waals surface area contributed by atoms with E-state index in [2.05, 4.69) is 36.1 Å². The van der Waals surface area contributed by atoms with Gasteiger partial charge in [-0.2, -0.15) is 0 Å². The Bertz CT molecular complexity index is 309. The maximum atomic E-state index is 5.85. The fraction of sp³-hybridized carbons (Fsp3) is 0.571. The molecule has 0 N–H and O–H groups in total. The first-order chi connectivity index (χ1) is 8.40. The van der Waals surface area contributed by atoms with Gasteiger partial charge in [0, 0.05) is 26.2 Å². The molecule has 1 fully saturated rings. The molecule has 1 aliphatic heterocycles. The summed E-state index contributed by atoms with van der Waals surface area (Å²) in [4.78, 5) is 2.41. The predicted molar refractivity (Wildman–Crippen MR) is 68.1 cm³/mol. The minimum atomic E-state index is 0.180. The van der Waals surface area contributed by atoms with Crippen molar-refractivity contribution in [1.29, 1.82) is 0 Å². The largest absolute Gasteiger partial charge is 0.379 e. The SMILES string of the molecule is CCO[C@@H](CN1CCOCC1)c1ccccc1. The van der Waals surface area contributed by atoms with Crippen molar-refractivity contribution in [3.63, 3.8) is 0 Å². The maximum Gasteiger partial charge on any atom is 0.0951 e. The van der Waals surface area contributed by atoms with Crippen molar-refractivity contribution in [2.45, 2.75) is 13.0 Å². The van der Waals surface area contributed by atoms with E-state index in [0.29, 0.717) is 0 Å². The number of hydrogen-bond acceptors (Lipinski definition) is 3. The van der Waals surface area contributed by atoms with Gasteiger partial charge in [0.2, 0.25) is 0 Å². The first-order valence-electron chi connectivity index (χ1n) is 6.37. The molecule has 0 aliphatic carbocycles. The summed E-state index contributed by atoms with van der Waals surface area (Å²) in [5.74, 6) is 0. The van der Waals surface area contributed by atoms with E-state index in [1.807, 2.05) is 6.07 Å². The first kappa shape index (κ1) is 12.6. The van der Waals surface area contributed by atoms with Crippen molar-refractivity contribution >= 4 is 0 Å². The molecular weight excluding hydrogens is 214 g/mol. The summed E-state index contributed by atoms with van der Waals surface area (Å²) in [6.07, 6.45) is 0.180. The summed E-state index contributed by atoms with van der Waals surface area (Å²) < 4.78 is 11.2. The van der Waals surface area contributed by atoms with Gasteiger partial charge in [-0.3, -0.25) is 4.90 Å². The lowest BCUT2D eigenvalue weighted by atomic mass is 10.1. The molecule has 0 saturated carbocycles. The fourth-order valence-corrected chi connectivity index (χ4v) is 2.14. The third-order valence-electron chi connectivity index (χ3n) is 3.07. The summed E-state index contributed by atoms with van der Waals surface area (Å²) in [7, 11) is 0. The van der Waals surface area contributed by atoms with Crippen molar-refractivity contribution in [3.05, 3.63) is 35.9 Å². The molecule has 0 amide bonds. The second-order valence-electron chi connectivity index (χ2n) is 4.27. The standard InChI is InChI=1S/C14H21NO2/c1-2-17-14(13-6-4-3-5-7-13)12-15-8-10-16-11-9-15/h3-7,14H,2,8-12H2,1H3/t14-/m0/s1. The fourth-order valence-electron chi connectivity index (χ4n) is 2.14. The van der Waals surface area contributed by atoms with Crippen molar-refractivity contribution in [3.8, 4) is 0 Å². The predicted octanol–water partition coefficient (Wildman–Crippen LogP) is 2.10. The molecule has 1 aromatic carbocycles. The Morgan fingerprint density at radius 2 is 1.94 bits per heavy atom. The van der Waals surface area contributed by atoms with Gasteiger partial charge in [-0.1, -0.05) is 30.3 Å². The lowest BCUT2D eigenvalue weighted by molar-refractivity contribution is -0.00967. The molecule has 0 spiro atoms. The Kier molecular flexibility index (Phi) is 4.98. The molecule has 2 rings (SSSR count). The zero-order chi connectivity index (χ0) is 11.9. The highest BCUT2D eigenvalue weighted by Crippen LogP contribution is 2.19. The normalized spacial score (nSPS) is 19.1. The van der Waals surface area contributed by atoms with E-state index < -0.39 is 0 Å². The summed E-state index contributed by atoms with van der Waals surface area (Å²) >= 11 is 0. The van der Waals surface area contributed by atoms with Crippen molar-refractivity contribution in [2.24, 2.45) is 0 Å². The minimum absolute atomic E-state index is 0.180. The summed E-state index contributed by atoms with van der Waals surface area (Å²) in [6.45, 7) is 7.47. The molecule has 1 aromatic rings. The zero-order valence-corrected chi connectivity index (χ0v) is 10.5. The molecule has 1 atom stereocenters.